The summed E-state index contributed by atoms with van der Waals surface area (Å²) in [5, 5.41) is 4.39. The van der Waals surface area contributed by atoms with Gasteiger partial charge in [0.2, 0.25) is 11.7 Å². The van der Waals surface area contributed by atoms with Crippen LogP contribution in [0.25, 0.3) is 17.1 Å². The Balaban J connectivity index is 1.32. The van der Waals surface area contributed by atoms with Gasteiger partial charge in [0.05, 0.1) is 6.61 Å². The van der Waals surface area contributed by atoms with Crippen LogP contribution < -0.4 is 5.32 Å². The fourth-order valence-electron chi connectivity index (χ4n) is 6.57. The zero-order chi connectivity index (χ0) is 21.8. The number of rotatable bonds is 5. The third-order valence-corrected chi connectivity index (χ3v) is 7.66. The maximum atomic E-state index is 13.2. The van der Waals surface area contributed by atoms with Gasteiger partial charge < -0.3 is 19.8 Å². The molecule has 32 heavy (non-hydrogen) atoms. The maximum Gasteiger partial charge on any atom is 0.347 e. The van der Waals surface area contributed by atoms with Gasteiger partial charge in [0, 0.05) is 29.4 Å². The molecule has 4 aliphatic carbocycles. The lowest BCUT2D eigenvalue weighted by Gasteiger charge is -2.54. The van der Waals surface area contributed by atoms with Crippen molar-refractivity contribution in [2.75, 3.05) is 6.61 Å². The molecule has 2 N–H and O–H groups in total. The van der Waals surface area contributed by atoms with Gasteiger partial charge in [0.15, 0.2) is 11.3 Å². The number of fused-ring (bicyclic) bond motifs is 1. The van der Waals surface area contributed by atoms with Crippen LogP contribution in [0.1, 0.15) is 44.6 Å². The van der Waals surface area contributed by atoms with Gasteiger partial charge in [-0.1, -0.05) is 0 Å². The number of hydrogen-bond acceptors (Lipinski definition) is 6. The summed E-state index contributed by atoms with van der Waals surface area (Å²) in [5.41, 5.74) is 1.50. The molecule has 2 aromatic rings. The summed E-state index contributed by atoms with van der Waals surface area (Å²) in [5.74, 6) is 2.15. The zero-order valence-electron chi connectivity index (χ0n) is 18.1. The minimum atomic E-state index is -0.632. The van der Waals surface area contributed by atoms with Crippen LogP contribution >= 0.6 is 0 Å². The highest BCUT2D eigenvalue weighted by molar-refractivity contribution is 6.26. The van der Waals surface area contributed by atoms with Crippen molar-refractivity contribution >= 4 is 28.9 Å². The third kappa shape index (κ3) is 3.14. The summed E-state index contributed by atoms with van der Waals surface area (Å²) in [4.78, 5) is 33.3. The topological polar surface area (TPSA) is 93.3 Å². The monoisotopic (exact) mass is 433 g/mol. The first-order valence-corrected chi connectivity index (χ1v) is 11.6. The van der Waals surface area contributed by atoms with Crippen molar-refractivity contribution < 1.29 is 19.1 Å². The Hall–Kier alpha value is -3.09. The summed E-state index contributed by atoms with van der Waals surface area (Å²) in [6, 6.07) is 4.02. The number of H-pyrrole nitrogens is 1. The largest absolute Gasteiger partial charge is 0.462 e. The molecule has 4 saturated carbocycles. The highest BCUT2D eigenvalue weighted by Gasteiger charge is 2.49. The second kappa shape index (κ2) is 7.50. The summed E-state index contributed by atoms with van der Waals surface area (Å²) in [6.45, 7) is 1.94. The van der Waals surface area contributed by atoms with Crippen LogP contribution in [0.3, 0.4) is 0 Å². The van der Waals surface area contributed by atoms with E-state index in [0.29, 0.717) is 11.8 Å². The van der Waals surface area contributed by atoms with E-state index in [1.54, 1.807) is 25.4 Å². The molecule has 0 amide bonds. The highest BCUT2D eigenvalue weighted by atomic mass is 16.5. The molecule has 4 fully saturated rings. The van der Waals surface area contributed by atoms with Gasteiger partial charge in [0.1, 0.15) is 5.65 Å². The van der Waals surface area contributed by atoms with E-state index < -0.39 is 11.8 Å². The molecule has 7 nitrogen and oxygen atoms in total. The number of carbonyl (C=O) groups is 2. The summed E-state index contributed by atoms with van der Waals surface area (Å²) < 4.78 is 11.2. The molecular weight excluding hydrogens is 406 g/mol. The first kappa shape index (κ1) is 19.6. The average Bonchev–Trinajstić information content (AvgIpc) is 3.31. The lowest BCUT2D eigenvalue weighted by atomic mass is 9.54. The Morgan fingerprint density at radius 2 is 2.00 bits per heavy atom. The molecule has 0 unspecified atom stereocenters. The molecule has 4 bridgehead atoms. The van der Waals surface area contributed by atoms with Gasteiger partial charge in [-0.25, -0.2) is 9.78 Å². The van der Waals surface area contributed by atoms with Crippen molar-refractivity contribution in [1.29, 1.82) is 0 Å². The molecule has 0 radical (unpaired) electrons. The number of aromatic amines is 1. The van der Waals surface area contributed by atoms with E-state index in [9.17, 15) is 9.59 Å². The van der Waals surface area contributed by atoms with Crippen molar-refractivity contribution in [2.24, 2.45) is 23.7 Å². The Morgan fingerprint density at radius 1 is 1.25 bits per heavy atom. The lowest BCUT2D eigenvalue weighted by molar-refractivity contribution is -0.139. The van der Waals surface area contributed by atoms with Crippen LogP contribution in [-0.4, -0.2) is 34.4 Å². The molecule has 5 aliphatic rings. The van der Waals surface area contributed by atoms with Crippen LogP contribution in [0, 0.1) is 23.7 Å². The van der Waals surface area contributed by atoms with E-state index in [4.69, 9.17) is 9.47 Å². The standard InChI is InChI=1S/C25H27N3O4/c1-2-31-25(30)20-22(29)19(11-17-12-27-23-18(17)4-3-5-26-23)32-24(20)28-21-15-7-13-6-14(9-15)10-16(21)8-13/h3-5,11-16,21,28H,2,6-10H2,1H3,(H,26,27). The predicted molar refractivity (Wildman–Crippen MR) is 118 cm³/mol. The summed E-state index contributed by atoms with van der Waals surface area (Å²) in [7, 11) is 0. The molecule has 0 aromatic carbocycles. The lowest BCUT2D eigenvalue weighted by Crippen LogP contribution is -2.54. The van der Waals surface area contributed by atoms with E-state index in [1.807, 2.05) is 12.1 Å². The van der Waals surface area contributed by atoms with Crippen LogP contribution in [0.4, 0.5) is 0 Å². The molecular formula is C25H27N3O4. The number of carbonyl (C=O) groups excluding carboxylic acids is 2. The molecule has 0 saturated heterocycles. The van der Waals surface area contributed by atoms with Gasteiger partial charge in [-0.3, -0.25) is 4.79 Å². The number of ether oxygens (including phenoxy) is 2. The van der Waals surface area contributed by atoms with Crippen molar-refractivity contribution in [3.63, 3.8) is 0 Å². The molecule has 0 spiro atoms. The Morgan fingerprint density at radius 3 is 2.72 bits per heavy atom. The van der Waals surface area contributed by atoms with E-state index in [0.717, 1.165) is 28.4 Å². The molecule has 7 rings (SSSR count). The number of allylic oxidation sites excluding steroid dienone is 1. The van der Waals surface area contributed by atoms with Gasteiger partial charge in [0.25, 0.3) is 0 Å². The third-order valence-electron chi connectivity index (χ3n) is 7.66. The number of nitrogens with zero attached hydrogens (tertiary/aromatic N) is 1. The minimum absolute atomic E-state index is 0.0233. The van der Waals surface area contributed by atoms with E-state index in [2.05, 4.69) is 15.3 Å². The Bertz CT molecular complexity index is 1130. The molecule has 3 heterocycles. The molecule has 7 heteroatoms. The average molecular weight is 434 g/mol. The van der Waals surface area contributed by atoms with Gasteiger partial charge >= 0.3 is 5.97 Å². The van der Waals surface area contributed by atoms with E-state index in [-0.39, 0.29) is 29.9 Å². The number of nitrogens with one attached hydrogen (secondary N) is 2. The highest BCUT2D eigenvalue weighted by Crippen LogP contribution is 2.54. The number of esters is 1. The normalized spacial score (nSPS) is 32.1. The van der Waals surface area contributed by atoms with Crippen LogP contribution in [-0.2, 0) is 19.1 Å². The summed E-state index contributed by atoms with van der Waals surface area (Å²) in [6.07, 6.45) is 11.5. The molecule has 166 valence electrons. The number of ketones is 1. The molecule has 1 aliphatic heterocycles. The Kier molecular flexibility index (Phi) is 4.59. The maximum absolute atomic E-state index is 13.2. The van der Waals surface area contributed by atoms with Crippen LogP contribution in [0.2, 0.25) is 0 Å². The predicted octanol–water partition coefficient (Wildman–Crippen LogP) is 3.69. The SMILES string of the molecule is CCOC(=O)C1=C(NC2C3CC4CC(C3)CC2C4)OC(=Cc2c[nH]c3ncccc23)C1=O. The number of aromatic nitrogens is 2. The molecule has 0 atom stereocenters. The second-order valence-corrected chi connectivity index (χ2v) is 9.61. The van der Waals surface area contributed by atoms with Gasteiger partial charge in [-0.15, -0.1) is 0 Å². The fourth-order valence-corrected chi connectivity index (χ4v) is 6.57. The first-order valence-electron chi connectivity index (χ1n) is 11.6. The summed E-state index contributed by atoms with van der Waals surface area (Å²) >= 11 is 0. The minimum Gasteiger partial charge on any atom is -0.462 e. The quantitative estimate of drug-likeness (QED) is 0.424. The van der Waals surface area contributed by atoms with E-state index in [1.165, 1.54) is 32.1 Å². The van der Waals surface area contributed by atoms with E-state index >= 15 is 0 Å². The van der Waals surface area contributed by atoms with Crippen molar-refractivity contribution in [3.05, 3.63) is 47.3 Å². The first-order chi connectivity index (χ1) is 15.6. The molecule has 2 aromatic heterocycles. The number of Topliss-reactive ketones (excluding diaryl/α,β-unsaturated/α-hetero) is 1. The second-order valence-electron chi connectivity index (χ2n) is 9.61. The smallest absolute Gasteiger partial charge is 0.347 e. The van der Waals surface area contributed by atoms with Crippen molar-refractivity contribution in [2.45, 2.75) is 45.1 Å². The number of pyridine rings is 1. The van der Waals surface area contributed by atoms with Crippen molar-refractivity contribution in [3.8, 4) is 0 Å². The zero-order valence-corrected chi connectivity index (χ0v) is 18.1. The number of hydrogen-bond donors (Lipinski definition) is 2. The van der Waals surface area contributed by atoms with Gasteiger partial charge in [-0.2, -0.15) is 0 Å². The fraction of sp³-hybridized carbons (Fsp3) is 0.480. The van der Waals surface area contributed by atoms with Crippen LogP contribution in [0.15, 0.2) is 41.7 Å². The van der Waals surface area contributed by atoms with Gasteiger partial charge in [-0.05, 0) is 80.9 Å². The van der Waals surface area contributed by atoms with Crippen molar-refractivity contribution in [1.82, 2.24) is 15.3 Å². The Labute approximate surface area is 186 Å². The van der Waals surface area contributed by atoms with Crippen LogP contribution in [0.5, 0.6) is 0 Å².